The van der Waals surface area contributed by atoms with Gasteiger partial charge in [0.1, 0.15) is 0 Å². The lowest BCUT2D eigenvalue weighted by molar-refractivity contribution is -0.143. The van der Waals surface area contributed by atoms with Gasteiger partial charge in [0.05, 0.1) is 12.0 Å². The molecule has 0 unspecified atom stereocenters. The molecule has 3 aromatic rings. The van der Waals surface area contributed by atoms with Crippen molar-refractivity contribution in [1.29, 1.82) is 0 Å². The van der Waals surface area contributed by atoms with Crippen molar-refractivity contribution >= 4 is 23.4 Å². The predicted octanol–water partition coefficient (Wildman–Crippen LogP) is 3.02. The maximum atomic E-state index is 13.8. The Bertz CT molecular complexity index is 1190. The Balaban J connectivity index is 1.35. The summed E-state index contributed by atoms with van der Waals surface area (Å²) in [5.41, 5.74) is 1.45. The smallest absolute Gasteiger partial charge is 0.241 e. The number of carbonyl (C=O) groups is 3. The number of imide groups is 1. The van der Waals surface area contributed by atoms with Gasteiger partial charge in [-0.25, -0.2) is 0 Å². The molecule has 0 bridgehead atoms. The summed E-state index contributed by atoms with van der Waals surface area (Å²) in [5.74, 6) is -0.663. The van der Waals surface area contributed by atoms with Crippen molar-refractivity contribution < 1.29 is 14.4 Å². The van der Waals surface area contributed by atoms with E-state index in [0.717, 1.165) is 24.3 Å². The van der Waals surface area contributed by atoms with Crippen molar-refractivity contribution in [2.75, 3.05) is 31.1 Å². The second-order valence-electron chi connectivity index (χ2n) is 9.15. The van der Waals surface area contributed by atoms with Gasteiger partial charge in [0.15, 0.2) is 0 Å². The average Bonchev–Trinajstić information content (AvgIpc) is 3.15. The number of likely N-dealkylation sites (tertiary alicyclic amines) is 1. The zero-order valence-electron chi connectivity index (χ0n) is 19.5. The first-order chi connectivity index (χ1) is 17.1. The highest BCUT2D eigenvalue weighted by Gasteiger charge is 2.54. The highest BCUT2D eigenvalue weighted by Crippen LogP contribution is 2.41. The minimum absolute atomic E-state index is 0.00811. The van der Waals surface area contributed by atoms with Crippen molar-refractivity contribution in [3.8, 4) is 0 Å². The van der Waals surface area contributed by atoms with Gasteiger partial charge in [0.25, 0.3) is 0 Å². The van der Waals surface area contributed by atoms with Gasteiger partial charge in [-0.1, -0.05) is 54.6 Å². The Labute approximate surface area is 205 Å². The van der Waals surface area contributed by atoms with E-state index in [-0.39, 0.29) is 37.1 Å². The Morgan fingerprint density at radius 1 is 0.857 bits per heavy atom. The number of anilines is 1. The van der Waals surface area contributed by atoms with Crippen LogP contribution in [0.25, 0.3) is 0 Å². The number of hydrogen-bond acceptors (Lipinski definition) is 5. The largest absolute Gasteiger partial charge is 0.368 e. The van der Waals surface area contributed by atoms with Crippen molar-refractivity contribution in [3.05, 3.63) is 96.3 Å². The number of aromatic nitrogens is 1. The molecule has 0 radical (unpaired) electrons. The molecule has 178 valence electrons. The first kappa shape index (κ1) is 22.8. The monoisotopic (exact) mass is 468 g/mol. The average molecular weight is 469 g/mol. The fraction of sp³-hybridized carbons (Fsp3) is 0.286. The normalized spacial score (nSPS) is 20.4. The maximum absolute atomic E-state index is 13.8. The van der Waals surface area contributed by atoms with Gasteiger partial charge in [-0.15, -0.1) is 0 Å². The summed E-state index contributed by atoms with van der Waals surface area (Å²) in [6, 6.07) is 23.0. The van der Waals surface area contributed by atoms with E-state index in [4.69, 9.17) is 0 Å². The highest BCUT2D eigenvalue weighted by atomic mass is 16.2. The molecular formula is C28H28N4O3. The molecule has 5 rings (SSSR count). The lowest BCUT2D eigenvalue weighted by Gasteiger charge is -2.37. The SMILES string of the molecule is O=C(C[C@]1(c2ccccc2)CC(=O)N(Cc2cccnc2)C1=O)N1CCN(c2ccccc2)CC1. The summed E-state index contributed by atoms with van der Waals surface area (Å²) >= 11 is 0. The molecule has 0 aliphatic carbocycles. The van der Waals surface area contributed by atoms with Crippen LogP contribution in [0.2, 0.25) is 0 Å². The van der Waals surface area contributed by atoms with Crippen LogP contribution >= 0.6 is 0 Å². The number of rotatable bonds is 6. The fourth-order valence-corrected chi connectivity index (χ4v) is 5.08. The molecule has 0 spiro atoms. The van der Waals surface area contributed by atoms with Crippen LogP contribution in [0.15, 0.2) is 85.2 Å². The molecule has 2 aromatic carbocycles. The second-order valence-corrected chi connectivity index (χ2v) is 9.15. The fourth-order valence-electron chi connectivity index (χ4n) is 5.08. The predicted molar refractivity (Wildman–Crippen MR) is 132 cm³/mol. The molecule has 1 atom stereocenters. The molecule has 2 fully saturated rings. The van der Waals surface area contributed by atoms with Crippen LogP contribution in [0.4, 0.5) is 5.69 Å². The number of carbonyl (C=O) groups excluding carboxylic acids is 3. The van der Waals surface area contributed by atoms with Crippen molar-refractivity contribution in [2.45, 2.75) is 24.8 Å². The van der Waals surface area contributed by atoms with Gasteiger partial charge in [0, 0.05) is 57.1 Å². The third kappa shape index (κ3) is 4.54. The van der Waals surface area contributed by atoms with E-state index >= 15 is 0 Å². The molecule has 1 aromatic heterocycles. The minimum Gasteiger partial charge on any atom is -0.368 e. The first-order valence-electron chi connectivity index (χ1n) is 11.9. The van der Waals surface area contributed by atoms with Crippen LogP contribution in [0.1, 0.15) is 24.0 Å². The number of amides is 3. The van der Waals surface area contributed by atoms with E-state index in [9.17, 15) is 14.4 Å². The summed E-state index contributed by atoms with van der Waals surface area (Å²) in [6.07, 6.45) is 3.28. The maximum Gasteiger partial charge on any atom is 0.241 e. The quantitative estimate of drug-likeness (QED) is 0.520. The Morgan fingerprint density at radius 3 is 2.20 bits per heavy atom. The lowest BCUT2D eigenvalue weighted by atomic mass is 9.75. The van der Waals surface area contributed by atoms with Gasteiger partial charge in [-0.05, 0) is 29.3 Å². The topological polar surface area (TPSA) is 73.8 Å². The van der Waals surface area contributed by atoms with Crippen LogP contribution in [-0.4, -0.2) is 58.7 Å². The Hall–Kier alpha value is -4.00. The van der Waals surface area contributed by atoms with Crippen LogP contribution in [-0.2, 0) is 26.3 Å². The van der Waals surface area contributed by atoms with Crippen LogP contribution in [0, 0.1) is 0 Å². The van der Waals surface area contributed by atoms with E-state index in [1.54, 1.807) is 18.5 Å². The third-order valence-corrected chi connectivity index (χ3v) is 7.01. The lowest BCUT2D eigenvalue weighted by Crippen LogP contribution is -2.51. The van der Waals surface area contributed by atoms with E-state index in [2.05, 4.69) is 22.0 Å². The summed E-state index contributed by atoms with van der Waals surface area (Å²) in [7, 11) is 0. The summed E-state index contributed by atoms with van der Waals surface area (Å²) in [6.45, 7) is 2.78. The van der Waals surface area contributed by atoms with E-state index in [0.29, 0.717) is 18.7 Å². The van der Waals surface area contributed by atoms with Crippen molar-refractivity contribution in [1.82, 2.24) is 14.8 Å². The molecule has 2 saturated heterocycles. The van der Waals surface area contributed by atoms with Crippen LogP contribution < -0.4 is 4.90 Å². The zero-order chi connectivity index (χ0) is 24.3. The molecule has 2 aliphatic rings. The number of para-hydroxylation sites is 1. The Kier molecular flexibility index (Phi) is 6.31. The molecule has 7 heteroatoms. The van der Waals surface area contributed by atoms with Crippen molar-refractivity contribution in [2.24, 2.45) is 0 Å². The molecule has 3 amide bonds. The standard InChI is InChI=1S/C28H28N4O3/c33-25(31-16-14-30(15-17-31)24-11-5-2-6-12-24)18-28(23-9-3-1-4-10-23)19-26(34)32(27(28)35)21-22-8-7-13-29-20-22/h1-13,20H,14-19,21H2/t28-/m1/s1. The van der Waals surface area contributed by atoms with E-state index in [1.165, 1.54) is 4.90 Å². The second kappa shape index (κ2) is 9.70. The van der Waals surface area contributed by atoms with Crippen molar-refractivity contribution in [3.63, 3.8) is 0 Å². The number of benzene rings is 2. The first-order valence-corrected chi connectivity index (χ1v) is 11.9. The number of nitrogens with zero attached hydrogens (tertiary/aromatic N) is 4. The summed E-state index contributed by atoms with van der Waals surface area (Å²) in [5, 5.41) is 0. The third-order valence-electron chi connectivity index (χ3n) is 7.01. The van der Waals surface area contributed by atoms with E-state index in [1.807, 2.05) is 59.5 Å². The molecule has 2 aliphatic heterocycles. The van der Waals surface area contributed by atoms with Gasteiger partial charge in [-0.2, -0.15) is 0 Å². The molecule has 35 heavy (non-hydrogen) atoms. The summed E-state index contributed by atoms with van der Waals surface area (Å²) < 4.78 is 0. The van der Waals surface area contributed by atoms with Crippen LogP contribution in [0.3, 0.4) is 0 Å². The van der Waals surface area contributed by atoms with Gasteiger partial charge >= 0.3 is 0 Å². The van der Waals surface area contributed by atoms with Gasteiger partial charge in [-0.3, -0.25) is 24.3 Å². The number of piperazine rings is 1. The number of pyridine rings is 1. The minimum atomic E-state index is -1.19. The summed E-state index contributed by atoms with van der Waals surface area (Å²) in [4.78, 5) is 49.9. The number of hydrogen-bond donors (Lipinski definition) is 0. The molecule has 7 nitrogen and oxygen atoms in total. The zero-order valence-corrected chi connectivity index (χ0v) is 19.5. The van der Waals surface area contributed by atoms with Gasteiger partial charge < -0.3 is 9.80 Å². The highest BCUT2D eigenvalue weighted by molar-refractivity contribution is 6.10. The molecule has 0 saturated carbocycles. The molecule has 0 N–H and O–H groups in total. The molecule has 3 heterocycles. The molecular weight excluding hydrogens is 440 g/mol. The van der Waals surface area contributed by atoms with Gasteiger partial charge in [0.2, 0.25) is 17.7 Å². The Morgan fingerprint density at radius 2 is 1.54 bits per heavy atom. The van der Waals surface area contributed by atoms with E-state index < -0.39 is 5.41 Å². The van der Waals surface area contributed by atoms with Crippen LogP contribution in [0.5, 0.6) is 0 Å².